The molecule has 0 amide bonds. The molecule has 1 N–H and O–H groups in total. The largest absolute Gasteiger partial charge is 0.339 e. The van der Waals surface area contributed by atoms with Crippen molar-refractivity contribution in [2.24, 2.45) is 0 Å². The quantitative estimate of drug-likeness (QED) is 0.668. The molecule has 1 aromatic heterocycles. The average molecular weight is 303 g/mol. The van der Waals surface area contributed by atoms with Gasteiger partial charge in [-0.2, -0.15) is 4.98 Å². The van der Waals surface area contributed by atoms with Gasteiger partial charge in [0.2, 0.25) is 5.89 Å². The first-order valence-corrected chi connectivity index (χ1v) is 7.10. The molecule has 1 aromatic carbocycles. The third-order valence-electron chi connectivity index (χ3n) is 3.77. The van der Waals surface area contributed by atoms with Crippen molar-refractivity contribution in [1.29, 1.82) is 0 Å². The molecule has 0 saturated carbocycles. The first kappa shape index (κ1) is 14.6. The maximum absolute atomic E-state index is 10.8. The van der Waals surface area contributed by atoms with Gasteiger partial charge in [-0.05, 0) is 12.6 Å². The number of non-ortho nitro benzene ring substituents is 1. The molecule has 1 fully saturated rings. The summed E-state index contributed by atoms with van der Waals surface area (Å²) in [5.41, 5.74) is 0.841. The number of hydrogen-bond donors (Lipinski definition) is 1. The van der Waals surface area contributed by atoms with Crippen molar-refractivity contribution < 1.29 is 9.45 Å². The Bertz CT molecular complexity index is 672. The standard InChI is InChI=1S/C14H17N5O3/c1-18-6-5-15-9-12(18)14-16-13(22-17-14)8-10-3-2-4-11(7-10)19(20)21/h2-4,7,12,15H,5-6,8-9H2,1H3. The first-order valence-electron chi connectivity index (χ1n) is 7.10. The Labute approximate surface area is 127 Å². The zero-order valence-corrected chi connectivity index (χ0v) is 12.2. The summed E-state index contributed by atoms with van der Waals surface area (Å²) in [5, 5.41) is 18.1. The summed E-state index contributed by atoms with van der Waals surface area (Å²) in [6, 6.07) is 6.55. The summed E-state index contributed by atoms with van der Waals surface area (Å²) in [4.78, 5) is 17.0. The lowest BCUT2D eigenvalue weighted by Crippen LogP contribution is -2.44. The van der Waals surface area contributed by atoms with E-state index in [9.17, 15) is 10.1 Å². The first-order chi connectivity index (χ1) is 10.6. The van der Waals surface area contributed by atoms with Crippen molar-refractivity contribution in [3.8, 4) is 0 Å². The summed E-state index contributed by atoms with van der Waals surface area (Å²) < 4.78 is 5.29. The average Bonchev–Trinajstić information content (AvgIpc) is 2.96. The molecule has 2 aromatic rings. The Morgan fingerprint density at radius 3 is 3.18 bits per heavy atom. The summed E-state index contributed by atoms with van der Waals surface area (Å²) in [6.45, 7) is 2.66. The molecular weight excluding hydrogens is 286 g/mol. The van der Waals surface area contributed by atoms with Crippen molar-refractivity contribution in [3.63, 3.8) is 0 Å². The Morgan fingerprint density at radius 2 is 2.41 bits per heavy atom. The zero-order chi connectivity index (χ0) is 15.5. The number of benzene rings is 1. The van der Waals surface area contributed by atoms with E-state index in [4.69, 9.17) is 4.52 Å². The van der Waals surface area contributed by atoms with E-state index in [1.165, 1.54) is 12.1 Å². The summed E-state index contributed by atoms with van der Waals surface area (Å²) in [7, 11) is 2.03. The minimum Gasteiger partial charge on any atom is -0.339 e. The van der Waals surface area contributed by atoms with Gasteiger partial charge in [-0.15, -0.1) is 0 Å². The fourth-order valence-electron chi connectivity index (χ4n) is 2.52. The minimum atomic E-state index is -0.411. The molecule has 0 radical (unpaired) electrons. The Hall–Kier alpha value is -2.32. The second kappa shape index (κ2) is 6.20. The molecule has 1 unspecified atom stereocenters. The van der Waals surface area contributed by atoms with Crippen LogP contribution in [0.5, 0.6) is 0 Å². The smallest absolute Gasteiger partial charge is 0.269 e. The van der Waals surface area contributed by atoms with E-state index >= 15 is 0 Å². The number of aromatic nitrogens is 2. The monoisotopic (exact) mass is 303 g/mol. The Morgan fingerprint density at radius 1 is 1.55 bits per heavy atom. The number of nitro benzene ring substituents is 1. The predicted molar refractivity (Wildman–Crippen MR) is 78.4 cm³/mol. The molecule has 0 bridgehead atoms. The molecule has 22 heavy (non-hydrogen) atoms. The molecule has 116 valence electrons. The van der Waals surface area contributed by atoms with Gasteiger partial charge in [-0.3, -0.25) is 15.0 Å². The van der Waals surface area contributed by atoms with Crippen molar-refractivity contribution in [3.05, 3.63) is 51.7 Å². The number of nitrogens with one attached hydrogen (secondary N) is 1. The van der Waals surface area contributed by atoms with Crippen LogP contribution >= 0.6 is 0 Å². The van der Waals surface area contributed by atoms with E-state index in [0.717, 1.165) is 25.2 Å². The van der Waals surface area contributed by atoms with E-state index in [1.807, 2.05) is 13.1 Å². The lowest BCUT2D eigenvalue weighted by Gasteiger charge is -2.30. The van der Waals surface area contributed by atoms with Crippen molar-refractivity contribution in [2.75, 3.05) is 26.7 Å². The zero-order valence-electron chi connectivity index (χ0n) is 12.2. The molecule has 1 saturated heterocycles. The molecule has 0 aliphatic carbocycles. The topological polar surface area (TPSA) is 97.3 Å². The van der Waals surface area contributed by atoms with Gasteiger partial charge in [0.15, 0.2) is 5.82 Å². The lowest BCUT2D eigenvalue weighted by atomic mass is 10.1. The van der Waals surface area contributed by atoms with Crippen LogP contribution in [0.15, 0.2) is 28.8 Å². The van der Waals surface area contributed by atoms with Crippen LogP contribution in [0.1, 0.15) is 23.3 Å². The van der Waals surface area contributed by atoms with E-state index < -0.39 is 4.92 Å². The number of piperazine rings is 1. The van der Waals surface area contributed by atoms with Crippen LogP contribution in [-0.4, -0.2) is 46.6 Å². The third-order valence-corrected chi connectivity index (χ3v) is 3.77. The SMILES string of the molecule is CN1CCNCC1c1noc(Cc2cccc([N+](=O)[O-])c2)n1. The van der Waals surface area contributed by atoms with Crippen molar-refractivity contribution >= 4 is 5.69 Å². The summed E-state index contributed by atoms with van der Waals surface area (Å²) in [5.74, 6) is 1.12. The van der Waals surface area contributed by atoms with Gasteiger partial charge in [0, 0.05) is 31.8 Å². The number of likely N-dealkylation sites (N-methyl/N-ethyl adjacent to an activating group) is 1. The highest BCUT2D eigenvalue weighted by Gasteiger charge is 2.25. The molecule has 1 aliphatic heterocycles. The van der Waals surface area contributed by atoms with Gasteiger partial charge in [0.1, 0.15) is 0 Å². The molecule has 8 heteroatoms. The highest BCUT2D eigenvalue weighted by molar-refractivity contribution is 5.35. The number of nitrogens with zero attached hydrogens (tertiary/aromatic N) is 4. The summed E-state index contributed by atoms with van der Waals surface area (Å²) >= 11 is 0. The number of nitro groups is 1. The number of rotatable bonds is 4. The Balaban J connectivity index is 1.74. The van der Waals surface area contributed by atoms with Crippen LogP contribution < -0.4 is 5.32 Å². The normalized spacial score (nSPS) is 19.2. The highest BCUT2D eigenvalue weighted by atomic mass is 16.6. The number of hydrogen-bond acceptors (Lipinski definition) is 7. The van der Waals surface area contributed by atoms with Crippen LogP contribution in [0.2, 0.25) is 0 Å². The predicted octanol–water partition coefficient (Wildman–Crippen LogP) is 1.14. The van der Waals surface area contributed by atoms with Crippen LogP contribution in [0, 0.1) is 10.1 Å². The molecule has 1 aliphatic rings. The van der Waals surface area contributed by atoms with E-state index in [2.05, 4.69) is 20.4 Å². The molecule has 8 nitrogen and oxygen atoms in total. The van der Waals surface area contributed by atoms with Crippen molar-refractivity contribution in [1.82, 2.24) is 20.4 Å². The lowest BCUT2D eigenvalue weighted by molar-refractivity contribution is -0.384. The molecular formula is C14H17N5O3. The minimum absolute atomic E-state index is 0.0634. The van der Waals surface area contributed by atoms with E-state index in [1.54, 1.807) is 6.07 Å². The van der Waals surface area contributed by atoms with Gasteiger partial charge in [-0.1, -0.05) is 17.3 Å². The van der Waals surface area contributed by atoms with Gasteiger partial charge in [-0.25, -0.2) is 0 Å². The second-order valence-electron chi connectivity index (χ2n) is 5.35. The van der Waals surface area contributed by atoms with Crippen LogP contribution in [0.3, 0.4) is 0 Å². The maximum Gasteiger partial charge on any atom is 0.269 e. The third kappa shape index (κ3) is 3.12. The highest BCUT2D eigenvalue weighted by Crippen LogP contribution is 2.20. The van der Waals surface area contributed by atoms with Crippen molar-refractivity contribution in [2.45, 2.75) is 12.5 Å². The molecule has 3 rings (SSSR count). The van der Waals surface area contributed by atoms with Gasteiger partial charge in [0.25, 0.3) is 5.69 Å². The van der Waals surface area contributed by atoms with Crippen LogP contribution in [-0.2, 0) is 6.42 Å². The molecule has 2 heterocycles. The summed E-state index contributed by atoms with van der Waals surface area (Å²) in [6.07, 6.45) is 0.387. The Kier molecular flexibility index (Phi) is 4.12. The van der Waals surface area contributed by atoms with E-state index in [-0.39, 0.29) is 11.7 Å². The van der Waals surface area contributed by atoms with Gasteiger partial charge >= 0.3 is 0 Å². The van der Waals surface area contributed by atoms with Gasteiger partial charge in [0.05, 0.1) is 17.4 Å². The molecule has 1 atom stereocenters. The van der Waals surface area contributed by atoms with E-state index in [0.29, 0.717) is 18.1 Å². The maximum atomic E-state index is 10.8. The fourth-order valence-corrected chi connectivity index (χ4v) is 2.52. The van der Waals surface area contributed by atoms with Gasteiger partial charge < -0.3 is 9.84 Å². The van der Waals surface area contributed by atoms with Crippen LogP contribution in [0.4, 0.5) is 5.69 Å². The second-order valence-corrected chi connectivity index (χ2v) is 5.35. The molecule has 0 spiro atoms. The fraction of sp³-hybridized carbons (Fsp3) is 0.429. The van der Waals surface area contributed by atoms with Crippen LogP contribution in [0.25, 0.3) is 0 Å².